The maximum Gasteiger partial charge on any atom is 0.322 e. The summed E-state index contributed by atoms with van der Waals surface area (Å²) in [5.41, 5.74) is 5.32. The minimum Gasteiger partial charge on any atom is -0.480 e. The van der Waals surface area contributed by atoms with Crippen LogP contribution in [0.1, 0.15) is 33.6 Å². The van der Waals surface area contributed by atoms with Gasteiger partial charge < -0.3 is 26.6 Å². The zero-order valence-corrected chi connectivity index (χ0v) is 13.5. The summed E-state index contributed by atoms with van der Waals surface area (Å²) in [6, 6.07) is -2.05. The summed E-state index contributed by atoms with van der Waals surface area (Å²) in [4.78, 5) is 45.1. The lowest BCUT2D eigenvalue weighted by molar-refractivity contribution is -0.139. The van der Waals surface area contributed by atoms with E-state index in [4.69, 9.17) is 15.9 Å². The van der Waals surface area contributed by atoms with Gasteiger partial charge >= 0.3 is 11.9 Å². The quantitative estimate of drug-likeness (QED) is 0.349. The van der Waals surface area contributed by atoms with E-state index in [1.165, 1.54) is 0 Å². The molecule has 0 aliphatic carbocycles. The third kappa shape index (κ3) is 8.15. The lowest BCUT2D eigenvalue weighted by Gasteiger charge is -2.27. The molecule has 0 aromatic rings. The Balaban J connectivity index is 4.75. The molecule has 1 unspecified atom stereocenters. The minimum absolute atomic E-state index is 0.0549. The molecule has 0 aromatic carbocycles. The van der Waals surface area contributed by atoms with Gasteiger partial charge in [0, 0.05) is 6.42 Å². The summed E-state index contributed by atoms with van der Waals surface area (Å²) in [6.07, 6.45) is -0.193. The number of carboxylic acid groups (broad SMARTS) is 2. The molecule has 0 radical (unpaired) electrons. The van der Waals surface area contributed by atoms with Crippen molar-refractivity contribution >= 4 is 23.8 Å². The molecular formula is C14H25N3O6. The summed E-state index contributed by atoms with van der Waals surface area (Å²) in [7, 11) is 0. The van der Waals surface area contributed by atoms with Crippen LogP contribution < -0.4 is 16.4 Å². The zero-order chi connectivity index (χ0) is 18.2. The lowest BCUT2D eigenvalue weighted by Crippen LogP contribution is -2.52. The predicted molar refractivity (Wildman–Crippen MR) is 81.4 cm³/mol. The van der Waals surface area contributed by atoms with Crippen molar-refractivity contribution in [2.45, 2.75) is 45.7 Å². The Bertz CT molecular complexity index is 452. The number of hydrogen-bond donors (Lipinski definition) is 5. The second-order valence-electron chi connectivity index (χ2n) is 5.74. The summed E-state index contributed by atoms with van der Waals surface area (Å²) >= 11 is 0. The molecule has 2 amide bonds. The third-order valence-electron chi connectivity index (χ3n) is 3.59. The molecule has 0 saturated heterocycles. The molecule has 0 fully saturated rings. The van der Waals surface area contributed by atoms with Gasteiger partial charge in [-0.3, -0.25) is 19.2 Å². The van der Waals surface area contributed by atoms with E-state index < -0.39 is 42.4 Å². The highest BCUT2D eigenvalue weighted by Crippen LogP contribution is 2.15. The molecule has 0 aliphatic rings. The second-order valence-corrected chi connectivity index (χ2v) is 5.74. The smallest absolute Gasteiger partial charge is 0.322 e. The largest absolute Gasteiger partial charge is 0.480 e. The number of nitrogens with one attached hydrogen (secondary N) is 2. The highest BCUT2D eigenvalue weighted by atomic mass is 16.4. The number of carbonyl (C=O) groups excluding carboxylic acids is 2. The van der Waals surface area contributed by atoms with Gasteiger partial charge in [0.1, 0.15) is 18.6 Å². The Hall–Kier alpha value is -2.16. The average Bonchev–Trinajstić information content (AvgIpc) is 2.46. The number of amides is 2. The molecule has 132 valence electrons. The minimum atomic E-state index is -1.20. The third-order valence-corrected chi connectivity index (χ3v) is 3.59. The van der Waals surface area contributed by atoms with Gasteiger partial charge in [0.15, 0.2) is 0 Å². The number of hydrogen-bond acceptors (Lipinski definition) is 5. The average molecular weight is 331 g/mol. The summed E-state index contributed by atoms with van der Waals surface area (Å²) in [6.45, 7) is 4.96. The van der Waals surface area contributed by atoms with Crippen LogP contribution in [0.2, 0.25) is 0 Å². The first kappa shape index (κ1) is 20.8. The maximum absolute atomic E-state index is 12.1. The Morgan fingerprint density at radius 3 is 2.09 bits per heavy atom. The summed E-state index contributed by atoms with van der Waals surface area (Å²) in [5.74, 6) is -3.66. The zero-order valence-electron chi connectivity index (χ0n) is 13.5. The van der Waals surface area contributed by atoms with E-state index in [1.54, 1.807) is 6.92 Å². The molecule has 0 rings (SSSR count). The summed E-state index contributed by atoms with van der Waals surface area (Å²) in [5, 5.41) is 22.0. The van der Waals surface area contributed by atoms with Gasteiger partial charge in [0.25, 0.3) is 0 Å². The van der Waals surface area contributed by atoms with Gasteiger partial charge in [-0.15, -0.1) is 0 Å². The second kappa shape index (κ2) is 9.78. The molecule has 0 spiro atoms. The van der Waals surface area contributed by atoms with Crippen LogP contribution in [0, 0.1) is 11.8 Å². The van der Waals surface area contributed by atoms with Gasteiger partial charge in [0.2, 0.25) is 11.8 Å². The molecule has 0 aromatic heterocycles. The van der Waals surface area contributed by atoms with E-state index in [0.29, 0.717) is 0 Å². The normalized spacial score (nSPS) is 14.7. The number of carbonyl (C=O) groups is 4. The van der Waals surface area contributed by atoms with Gasteiger partial charge in [0.05, 0.1) is 0 Å². The van der Waals surface area contributed by atoms with E-state index >= 15 is 0 Å². The fraction of sp³-hybridized carbons (Fsp3) is 0.714. The van der Waals surface area contributed by atoms with Crippen molar-refractivity contribution in [3.05, 3.63) is 0 Å². The molecule has 0 bridgehead atoms. The predicted octanol–water partition coefficient (Wildman–Crippen LogP) is -0.844. The molecule has 9 heteroatoms. The van der Waals surface area contributed by atoms with E-state index in [1.807, 2.05) is 13.8 Å². The van der Waals surface area contributed by atoms with Crippen LogP contribution in [0.25, 0.3) is 0 Å². The van der Waals surface area contributed by atoms with Crippen LogP contribution in [-0.4, -0.2) is 52.6 Å². The van der Waals surface area contributed by atoms with Crippen molar-refractivity contribution in [3.63, 3.8) is 0 Å². The molecule has 0 heterocycles. The summed E-state index contributed by atoms with van der Waals surface area (Å²) < 4.78 is 0. The van der Waals surface area contributed by atoms with Gasteiger partial charge in [-0.25, -0.2) is 0 Å². The van der Waals surface area contributed by atoms with E-state index in [9.17, 15) is 19.2 Å². The molecule has 0 aliphatic heterocycles. The van der Waals surface area contributed by atoms with Crippen molar-refractivity contribution in [1.82, 2.24) is 10.6 Å². The van der Waals surface area contributed by atoms with Crippen LogP contribution in [0.5, 0.6) is 0 Å². The molecule has 3 atom stereocenters. The Kier molecular flexibility index (Phi) is 8.86. The lowest BCUT2D eigenvalue weighted by atomic mass is 9.89. The van der Waals surface area contributed by atoms with Crippen LogP contribution in [-0.2, 0) is 19.2 Å². The van der Waals surface area contributed by atoms with Crippen molar-refractivity contribution in [2.24, 2.45) is 17.6 Å². The molecule has 0 saturated carbocycles. The first-order valence-electron chi connectivity index (χ1n) is 7.33. The SMILES string of the molecule is CC(C)C(C)[C@H](NC(=O)CC[C@H](N)C(=O)O)C(=O)NCC(=O)O. The van der Waals surface area contributed by atoms with Crippen LogP contribution in [0.4, 0.5) is 0 Å². The van der Waals surface area contributed by atoms with Gasteiger partial charge in [-0.2, -0.15) is 0 Å². The van der Waals surface area contributed by atoms with E-state index in [2.05, 4.69) is 10.6 Å². The number of carboxylic acids is 2. The Labute approximate surface area is 134 Å². The number of nitrogens with two attached hydrogens (primary N) is 1. The van der Waals surface area contributed by atoms with Crippen LogP contribution in [0.15, 0.2) is 0 Å². The monoisotopic (exact) mass is 331 g/mol. The van der Waals surface area contributed by atoms with Crippen molar-refractivity contribution in [2.75, 3.05) is 6.54 Å². The molecular weight excluding hydrogens is 306 g/mol. The topological polar surface area (TPSA) is 159 Å². The first-order chi connectivity index (χ1) is 10.6. The van der Waals surface area contributed by atoms with E-state index in [0.717, 1.165) is 0 Å². The van der Waals surface area contributed by atoms with Crippen molar-refractivity contribution < 1.29 is 29.4 Å². The highest BCUT2D eigenvalue weighted by molar-refractivity contribution is 5.89. The first-order valence-corrected chi connectivity index (χ1v) is 7.33. The Morgan fingerprint density at radius 2 is 1.65 bits per heavy atom. The number of rotatable bonds is 10. The highest BCUT2D eigenvalue weighted by Gasteiger charge is 2.29. The van der Waals surface area contributed by atoms with Gasteiger partial charge in [-0.1, -0.05) is 20.8 Å². The van der Waals surface area contributed by atoms with Crippen molar-refractivity contribution in [3.8, 4) is 0 Å². The Morgan fingerprint density at radius 1 is 1.09 bits per heavy atom. The van der Waals surface area contributed by atoms with Gasteiger partial charge in [-0.05, 0) is 18.3 Å². The fourth-order valence-electron chi connectivity index (χ4n) is 1.75. The molecule has 9 nitrogen and oxygen atoms in total. The van der Waals surface area contributed by atoms with Crippen molar-refractivity contribution in [1.29, 1.82) is 0 Å². The molecule has 23 heavy (non-hydrogen) atoms. The molecule has 6 N–H and O–H groups in total. The maximum atomic E-state index is 12.1. The van der Waals surface area contributed by atoms with E-state index in [-0.39, 0.29) is 24.7 Å². The van der Waals surface area contributed by atoms with Crippen LogP contribution in [0.3, 0.4) is 0 Å². The van der Waals surface area contributed by atoms with Crippen LogP contribution >= 0.6 is 0 Å². The standard InChI is InChI=1S/C14H25N3O6/c1-7(2)8(3)12(13(21)16-6-11(19)20)17-10(18)5-4-9(15)14(22)23/h7-9,12H,4-6,15H2,1-3H3,(H,16,21)(H,17,18)(H,19,20)(H,22,23)/t8?,9-,12-/m0/s1. The number of aliphatic carboxylic acids is 2. The fourth-order valence-corrected chi connectivity index (χ4v) is 1.75.